The Bertz CT molecular complexity index is 881. The highest BCUT2D eigenvalue weighted by molar-refractivity contribution is 5.84. The molecule has 0 aromatic heterocycles. The molecule has 0 aliphatic carbocycles. The first-order chi connectivity index (χ1) is 13.6. The monoisotopic (exact) mass is 385 g/mol. The summed E-state index contributed by atoms with van der Waals surface area (Å²) in [6, 6.07) is 11.8. The van der Waals surface area contributed by atoms with Gasteiger partial charge in [-0.25, -0.2) is 4.79 Å². The highest BCUT2D eigenvalue weighted by Gasteiger charge is 2.19. The number of aldehydes is 1. The van der Waals surface area contributed by atoms with E-state index >= 15 is 0 Å². The van der Waals surface area contributed by atoms with Crippen LogP contribution in [0.5, 0.6) is 17.2 Å². The lowest BCUT2D eigenvalue weighted by molar-refractivity contribution is -0.156. The first kappa shape index (κ1) is 19.2. The zero-order valence-electron chi connectivity index (χ0n) is 15.2. The van der Waals surface area contributed by atoms with Crippen LogP contribution in [0, 0.1) is 0 Å². The summed E-state index contributed by atoms with van der Waals surface area (Å²) in [6.07, 6.45) is -0.362. The van der Waals surface area contributed by atoms with Crippen molar-refractivity contribution in [2.45, 2.75) is 19.6 Å². The highest BCUT2D eigenvalue weighted by Crippen LogP contribution is 2.32. The van der Waals surface area contributed by atoms with Gasteiger partial charge >= 0.3 is 5.97 Å². The maximum absolute atomic E-state index is 12.1. The molecular formula is C20H19NO7. The maximum Gasteiger partial charge on any atom is 0.344 e. The number of fused-ring (bicyclic) bond motifs is 1. The van der Waals surface area contributed by atoms with Gasteiger partial charge in [0.05, 0.1) is 5.56 Å². The van der Waals surface area contributed by atoms with Gasteiger partial charge in [-0.3, -0.25) is 9.59 Å². The van der Waals surface area contributed by atoms with Crippen molar-refractivity contribution in [3.63, 3.8) is 0 Å². The molecule has 1 amide bonds. The average Bonchev–Trinajstić information content (AvgIpc) is 3.18. The van der Waals surface area contributed by atoms with E-state index in [4.69, 9.17) is 18.9 Å². The van der Waals surface area contributed by atoms with Crippen LogP contribution in [0.2, 0.25) is 0 Å². The lowest BCUT2D eigenvalue weighted by Crippen LogP contribution is -2.36. The van der Waals surface area contributed by atoms with E-state index < -0.39 is 24.6 Å². The van der Waals surface area contributed by atoms with Gasteiger partial charge in [0, 0.05) is 6.54 Å². The number of benzene rings is 2. The van der Waals surface area contributed by atoms with Crippen molar-refractivity contribution in [2.75, 3.05) is 13.4 Å². The summed E-state index contributed by atoms with van der Waals surface area (Å²) >= 11 is 0. The number of rotatable bonds is 8. The molecule has 0 unspecified atom stereocenters. The van der Waals surface area contributed by atoms with Crippen molar-refractivity contribution in [1.29, 1.82) is 0 Å². The maximum atomic E-state index is 12.1. The SMILES string of the molecule is C[C@@H](OC(=O)COc1ccccc1C=O)C(=O)NCc1ccc2c(c1)OCO2. The Hall–Kier alpha value is -3.55. The number of amides is 1. The number of hydrogen-bond donors (Lipinski definition) is 1. The zero-order chi connectivity index (χ0) is 19.9. The van der Waals surface area contributed by atoms with Crippen molar-refractivity contribution in [3.05, 3.63) is 53.6 Å². The van der Waals surface area contributed by atoms with Gasteiger partial charge in [0.25, 0.3) is 5.91 Å². The van der Waals surface area contributed by atoms with Gasteiger partial charge in [-0.1, -0.05) is 18.2 Å². The van der Waals surface area contributed by atoms with E-state index in [1.54, 1.807) is 36.4 Å². The number of ether oxygens (including phenoxy) is 4. The quantitative estimate of drug-likeness (QED) is 0.547. The molecule has 8 heteroatoms. The molecule has 0 radical (unpaired) electrons. The molecule has 0 saturated carbocycles. The molecule has 1 aliphatic rings. The predicted molar refractivity (Wildman–Crippen MR) is 97.3 cm³/mol. The second-order valence-corrected chi connectivity index (χ2v) is 5.98. The molecule has 2 aromatic rings. The second kappa shape index (κ2) is 8.90. The topological polar surface area (TPSA) is 100 Å². The van der Waals surface area contributed by atoms with E-state index in [0.29, 0.717) is 23.3 Å². The van der Waals surface area contributed by atoms with E-state index in [1.165, 1.54) is 6.92 Å². The van der Waals surface area contributed by atoms with Crippen LogP contribution in [0.3, 0.4) is 0 Å². The molecule has 2 aromatic carbocycles. The Morgan fingerprint density at radius 2 is 1.96 bits per heavy atom. The summed E-state index contributed by atoms with van der Waals surface area (Å²) in [6.45, 7) is 1.48. The summed E-state index contributed by atoms with van der Waals surface area (Å²) in [7, 11) is 0. The number of para-hydroxylation sites is 1. The minimum atomic E-state index is -0.994. The van der Waals surface area contributed by atoms with Crippen LogP contribution in [-0.2, 0) is 20.9 Å². The summed E-state index contributed by atoms with van der Waals surface area (Å²) < 4.78 is 20.9. The van der Waals surface area contributed by atoms with Gasteiger partial charge < -0.3 is 24.3 Å². The number of carbonyl (C=O) groups excluding carboxylic acids is 3. The number of esters is 1. The van der Waals surface area contributed by atoms with Crippen LogP contribution in [0.4, 0.5) is 0 Å². The third-order valence-corrected chi connectivity index (χ3v) is 3.97. The van der Waals surface area contributed by atoms with E-state index in [2.05, 4.69) is 5.32 Å². The van der Waals surface area contributed by atoms with Crippen LogP contribution in [0.1, 0.15) is 22.8 Å². The van der Waals surface area contributed by atoms with Crippen LogP contribution in [-0.4, -0.2) is 37.7 Å². The normalized spacial score (nSPS) is 12.8. The van der Waals surface area contributed by atoms with Crippen molar-refractivity contribution >= 4 is 18.2 Å². The number of carbonyl (C=O) groups is 3. The van der Waals surface area contributed by atoms with Crippen LogP contribution in [0.25, 0.3) is 0 Å². The molecule has 146 valence electrons. The summed E-state index contributed by atoms with van der Waals surface area (Å²) in [5.41, 5.74) is 1.15. The Morgan fingerprint density at radius 3 is 2.79 bits per heavy atom. The minimum absolute atomic E-state index is 0.178. The second-order valence-electron chi connectivity index (χ2n) is 5.98. The van der Waals surface area contributed by atoms with E-state index in [1.807, 2.05) is 6.07 Å². The van der Waals surface area contributed by atoms with Gasteiger partial charge in [-0.15, -0.1) is 0 Å². The summed E-state index contributed by atoms with van der Waals surface area (Å²) in [4.78, 5) is 34.9. The zero-order valence-corrected chi connectivity index (χ0v) is 15.2. The Labute approximate surface area is 161 Å². The third-order valence-electron chi connectivity index (χ3n) is 3.97. The molecular weight excluding hydrogens is 366 g/mol. The molecule has 0 bridgehead atoms. The Balaban J connectivity index is 1.44. The molecule has 28 heavy (non-hydrogen) atoms. The predicted octanol–water partition coefficient (Wildman–Crippen LogP) is 1.85. The van der Waals surface area contributed by atoms with Crippen LogP contribution >= 0.6 is 0 Å². The molecule has 1 heterocycles. The third kappa shape index (κ3) is 4.79. The van der Waals surface area contributed by atoms with Crippen LogP contribution < -0.4 is 19.5 Å². The fourth-order valence-corrected chi connectivity index (χ4v) is 2.51. The standard InChI is InChI=1S/C20H19NO7/c1-13(28-19(23)11-25-16-5-3-2-4-15(16)10-22)20(24)21-9-14-6-7-17-18(8-14)27-12-26-17/h2-8,10,13H,9,11-12H2,1H3,(H,21,24)/t13-/m1/s1. The summed E-state index contributed by atoms with van der Waals surface area (Å²) in [5.74, 6) is 0.396. The summed E-state index contributed by atoms with van der Waals surface area (Å²) in [5, 5.41) is 2.69. The molecule has 0 fully saturated rings. The van der Waals surface area contributed by atoms with Gasteiger partial charge in [0.15, 0.2) is 30.5 Å². The number of nitrogens with one attached hydrogen (secondary N) is 1. The fourth-order valence-electron chi connectivity index (χ4n) is 2.51. The van der Waals surface area contributed by atoms with Gasteiger partial charge in [0.2, 0.25) is 6.79 Å². The average molecular weight is 385 g/mol. The molecule has 1 atom stereocenters. The molecule has 8 nitrogen and oxygen atoms in total. The highest BCUT2D eigenvalue weighted by atomic mass is 16.7. The van der Waals surface area contributed by atoms with Gasteiger partial charge in [-0.05, 0) is 36.8 Å². The number of hydrogen-bond acceptors (Lipinski definition) is 7. The van der Waals surface area contributed by atoms with Crippen molar-refractivity contribution < 1.29 is 33.3 Å². The van der Waals surface area contributed by atoms with Gasteiger partial charge in [0.1, 0.15) is 5.75 Å². The fraction of sp³-hybridized carbons (Fsp3) is 0.250. The first-order valence-electron chi connectivity index (χ1n) is 8.59. The molecule has 0 saturated heterocycles. The Kier molecular flexibility index (Phi) is 6.11. The molecule has 3 rings (SSSR count). The largest absolute Gasteiger partial charge is 0.481 e. The van der Waals surface area contributed by atoms with Crippen LogP contribution in [0.15, 0.2) is 42.5 Å². The van der Waals surface area contributed by atoms with Gasteiger partial charge in [-0.2, -0.15) is 0 Å². The lowest BCUT2D eigenvalue weighted by Gasteiger charge is -2.14. The van der Waals surface area contributed by atoms with Crippen molar-refractivity contribution in [1.82, 2.24) is 5.32 Å². The molecule has 1 N–H and O–H groups in total. The van der Waals surface area contributed by atoms with Crippen molar-refractivity contribution in [2.24, 2.45) is 0 Å². The molecule has 1 aliphatic heterocycles. The van der Waals surface area contributed by atoms with E-state index in [0.717, 1.165) is 5.56 Å². The Morgan fingerprint density at radius 1 is 1.18 bits per heavy atom. The van der Waals surface area contributed by atoms with Crippen molar-refractivity contribution in [3.8, 4) is 17.2 Å². The minimum Gasteiger partial charge on any atom is -0.481 e. The van der Waals surface area contributed by atoms with E-state index in [9.17, 15) is 14.4 Å². The smallest absolute Gasteiger partial charge is 0.344 e. The van der Waals surface area contributed by atoms with E-state index in [-0.39, 0.29) is 19.1 Å². The molecule has 0 spiro atoms. The first-order valence-corrected chi connectivity index (χ1v) is 8.59. The lowest BCUT2D eigenvalue weighted by atomic mass is 10.2.